The van der Waals surface area contributed by atoms with Crippen LogP contribution < -0.4 is 5.32 Å². The maximum atomic E-state index is 5.59. The van der Waals surface area contributed by atoms with Gasteiger partial charge in [0.1, 0.15) is 17.8 Å². The van der Waals surface area contributed by atoms with Crippen molar-refractivity contribution in [2.24, 2.45) is 0 Å². The maximum absolute atomic E-state index is 5.59. The van der Waals surface area contributed by atoms with E-state index in [2.05, 4.69) is 33.1 Å². The van der Waals surface area contributed by atoms with E-state index in [-0.39, 0.29) is 12.1 Å². The molecule has 5 nitrogen and oxygen atoms in total. The summed E-state index contributed by atoms with van der Waals surface area (Å²) in [7, 11) is 0. The zero-order chi connectivity index (χ0) is 13.8. The molecule has 2 aliphatic heterocycles. The van der Waals surface area contributed by atoms with Crippen LogP contribution in [0.5, 0.6) is 0 Å². The van der Waals surface area contributed by atoms with Crippen LogP contribution in [0.2, 0.25) is 0 Å². The van der Waals surface area contributed by atoms with Gasteiger partial charge >= 0.3 is 0 Å². The van der Waals surface area contributed by atoms with Gasteiger partial charge in [-0.25, -0.2) is 0 Å². The van der Waals surface area contributed by atoms with Crippen molar-refractivity contribution in [2.45, 2.75) is 64.1 Å². The fourth-order valence-corrected chi connectivity index (χ4v) is 2.96. The Morgan fingerprint density at radius 3 is 3.20 bits per heavy atom. The minimum absolute atomic E-state index is 0.226. The van der Waals surface area contributed by atoms with E-state index < -0.39 is 0 Å². The third-order valence-corrected chi connectivity index (χ3v) is 4.20. The van der Waals surface area contributed by atoms with Crippen molar-refractivity contribution in [3.63, 3.8) is 0 Å². The third-order valence-electron chi connectivity index (χ3n) is 4.20. The smallest absolute Gasteiger partial charge is 0.149 e. The van der Waals surface area contributed by atoms with E-state index in [1.807, 2.05) is 6.26 Å². The molecule has 0 spiro atoms. The van der Waals surface area contributed by atoms with E-state index in [1.165, 1.54) is 19.3 Å². The quantitative estimate of drug-likeness (QED) is 0.917. The summed E-state index contributed by atoms with van der Waals surface area (Å²) in [5.41, 5.74) is 0. The summed E-state index contributed by atoms with van der Waals surface area (Å²) < 4.78 is 7.90. The molecule has 0 amide bonds. The zero-order valence-electron chi connectivity index (χ0n) is 12.2. The Bertz CT molecular complexity index is 468. The molecule has 110 valence electrons. The highest BCUT2D eigenvalue weighted by molar-refractivity contribution is 5.02. The number of rotatable bonds is 4. The standard InChI is InChI=1S/C15H24N4O/c1-12(16-11-13-7-4-6-10-20-13)15-18-17-14-8-3-2-5-9-19(14)15/h6,10,12-13,16H,2-5,7-9,11H2,1H3. The summed E-state index contributed by atoms with van der Waals surface area (Å²) in [6.07, 6.45) is 11.2. The molecule has 1 aromatic heterocycles. The molecule has 2 aliphatic rings. The fourth-order valence-electron chi connectivity index (χ4n) is 2.96. The number of aryl methyl sites for hydroxylation is 1. The molecule has 0 aliphatic carbocycles. The number of nitrogens with one attached hydrogen (secondary N) is 1. The van der Waals surface area contributed by atoms with Gasteiger partial charge in [-0.05, 0) is 38.7 Å². The van der Waals surface area contributed by atoms with E-state index >= 15 is 0 Å². The molecular formula is C15H24N4O. The van der Waals surface area contributed by atoms with Crippen LogP contribution >= 0.6 is 0 Å². The number of ether oxygens (including phenoxy) is 1. The van der Waals surface area contributed by atoms with Crippen LogP contribution in [0.3, 0.4) is 0 Å². The summed E-state index contributed by atoms with van der Waals surface area (Å²) in [6, 6.07) is 0.226. The number of hydrogen-bond donors (Lipinski definition) is 1. The molecule has 2 atom stereocenters. The lowest BCUT2D eigenvalue weighted by molar-refractivity contribution is 0.119. The molecule has 0 fully saturated rings. The average Bonchev–Trinajstić information content (AvgIpc) is 2.75. The van der Waals surface area contributed by atoms with Crippen molar-refractivity contribution < 1.29 is 4.74 Å². The molecule has 3 rings (SSSR count). The lowest BCUT2D eigenvalue weighted by Gasteiger charge is -2.22. The van der Waals surface area contributed by atoms with Gasteiger partial charge in [-0.2, -0.15) is 0 Å². The van der Waals surface area contributed by atoms with Crippen LogP contribution in [0, 0.1) is 0 Å². The molecule has 0 saturated carbocycles. The van der Waals surface area contributed by atoms with Gasteiger partial charge in [0, 0.05) is 19.5 Å². The van der Waals surface area contributed by atoms with Gasteiger partial charge < -0.3 is 14.6 Å². The topological polar surface area (TPSA) is 52.0 Å². The Labute approximate surface area is 120 Å². The van der Waals surface area contributed by atoms with E-state index in [1.54, 1.807) is 0 Å². The monoisotopic (exact) mass is 276 g/mol. The second-order valence-corrected chi connectivity index (χ2v) is 5.77. The molecule has 5 heteroatoms. The molecule has 0 saturated heterocycles. The first-order valence-corrected chi connectivity index (χ1v) is 7.80. The lowest BCUT2D eigenvalue weighted by atomic mass is 10.1. The Balaban J connectivity index is 1.60. The Morgan fingerprint density at radius 1 is 1.40 bits per heavy atom. The van der Waals surface area contributed by atoms with Gasteiger partial charge in [-0.15, -0.1) is 10.2 Å². The van der Waals surface area contributed by atoms with Crippen LogP contribution in [-0.4, -0.2) is 27.4 Å². The van der Waals surface area contributed by atoms with Crippen molar-refractivity contribution in [1.29, 1.82) is 0 Å². The zero-order valence-corrected chi connectivity index (χ0v) is 12.2. The molecule has 0 aromatic carbocycles. The van der Waals surface area contributed by atoms with E-state index in [4.69, 9.17) is 4.74 Å². The van der Waals surface area contributed by atoms with Gasteiger partial charge in [-0.3, -0.25) is 0 Å². The largest absolute Gasteiger partial charge is 0.497 e. The molecule has 0 bridgehead atoms. The number of nitrogens with zero attached hydrogens (tertiary/aromatic N) is 3. The minimum atomic E-state index is 0.226. The van der Waals surface area contributed by atoms with Crippen molar-refractivity contribution in [3.8, 4) is 0 Å². The molecule has 3 heterocycles. The molecule has 1 aromatic rings. The number of aromatic nitrogens is 3. The SMILES string of the molecule is CC(NCC1CCC=CO1)c1nnc2n1CCCCC2. The van der Waals surface area contributed by atoms with Gasteiger partial charge in [0.05, 0.1) is 12.3 Å². The second-order valence-electron chi connectivity index (χ2n) is 5.77. The van der Waals surface area contributed by atoms with Crippen LogP contribution in [0.25, 0.3) is 0 Å². The first-order chi connectivity index (χ1) is 9.84. The highest BCUT2D eigenvalue weighted by atomic mass is 16.5. The van der Waals surface area contributed by atoms with Crippen molar-refractivity contribution in [3.05, 3.63) is 24.0 Å². The summed E-state index contributed by atoms with van der Waals surface area (Å²) in [5, 5.41) is 12.3. The van der Waals surface area contributed by atoms with Crippen LogP contribution in [0.4, 0.5) is 0 Å². The number of fused-ring (bicyclic) bond motifs is 1. The van der Waals surface area contributed by atoms with E-state index in [9.17, 15) is 0 Å². The average molecular weight is 276 g/mol. The van der Waals surface area contributed by atoms with E-state index in [0.29, 0.717) is 0 Å². The number of allylic oxidation sites excluding steroid dienone is 1. The summed E-state index contributed by atoms with van der Waals surface area (Å²) in [6.45, 7) is 4.10. The highest BCUT2D eigenvalue weighted by Crippen LogP contribution is 2.19. The molecule has 20 heavy (non-hydrogen) atoms. The fraction of sp³-hybridized carbons (Fsp3) is 0.733. The molecule has 0 radical (unpaired) electrons. The second kappa shape index (κ2) is 6.39. The Morgan fingerprint density at radius 2 is 2.35 bits per heavy atom. The normalized spacial score (nSPS) is 23.8. The first kappa shape index (κ1) is 13.6. The van der Waals surface area contributed by atoms with Crippen molar-refractivity contribution in [2.75, 3.05) is 6.54 Å². The third kappa shape index (κ3) is 3.03. The van der Waals surface area contributed by atoms with Crippen LogP contribution in [-0.2, 0) is 17.7 Å². The summed E-state index contributed by atoms with van der Waals surface area (Å²) in [4.78, 5) is 0. The minimum Gasteiger partial charge on any atom is -0.497 e. The van der Waals surface area contributed by atoms with Gasteiger partial charge in [0.15, 0.2) is 0 Å². The molecule has 1 N–H and O–H groups in total. The maximum Gasteiger partial charge on any atom is 0.149 e. The number of hydrogen-bond acceptors (Lipinski definition) is 4. The Kier molecular flexibility index (Phi) is 4.35. The lowest BCUT2D eigenvalue weighted by Crippen LogP contribution is -2.32. The van der Waals surface area contributed by atoms with Crippen LogP contribution in [0.15, 0.2) is 12.3 Å². The predicted molar refractivity (Wildman–Crippen MR) is 77.2 cm³/mol. The molecule has 2 unspecified atom stereocenters. The Hall–Kier alpha value is -1.36. The first-order valence-electron chi connectivity index (χ1n) is 7.80. The molecular weight excluding hydrogens is 252 g/mol. The van der Waals surface area contributed by atoms with Gasteiger partial charge in [0.2, 0.25) is 0 Å². The van der Waals surface area contributed by atoms with E-state index in [0.717, 1.165) is 44.0 Å². The van der Waals surface area contributed by atoms with Crippen molar-refractivity contribution in [1.82, 2.24) is 20.1 Å². The predicted octanol–water partition coefficient (Wildman–Crippen LogP) is 2.35. The highest BCUT2D eigenvalue weighted by Gasteiger charge is 2.20. The van der Waals surface area contributed by atoms with Crippen molar-refractivity contribution >= 4 is 0 Å². The van der Waals surface area contributed by atoms with Gasteiger partial charge in [0.25, 0.3) is 0 Å². The van der Waals surface area contributed by atoms with Gasteiger partial charge in [-0.1, -0.05) is 6.42 Å². The summed E-state index contributed by atoms with van der Waals surface area (Å²) in [5.74, 6) is 2.23. The van der Waals surface area contributed by atoms with Crippen LogP contribution in [0.1, 0.15) is 56.7 Å². The summed E-state index contributed by atoms with van der Waals surface area (Å²) >= 11 is 0.